The normalized spacial score (nSPS) is 25.4. The first-order valence-corrected chi connectivity index (χ1v) is 7.09. The highest BCUT2D eigenvalue weighted by Gasteiger charge is 2.34. The lowest BCUT2D eigenvalue weighted by molar-refractivity contribution is -0.137. The van der Waals surface area contributed by atoms with Gasteiger partial charge in [0.15, 0.2) is 0 Å². The van der Waals surface area contributed by atoms with Crippen molar-refractivity contribution in [3.05, 3.63) is 71.3 Å². The zero-order chi connectivity index (χ0) is 15.7. The number of halogens is 3. The molecule has 2 aromatic carbocycles. The Morgan fingerprint density at radius 2 is 1.55 bits per heavy atom. The fourth-order valence-corrected chi connectivity index (χ4v) is 2.66. The number of rotatable bonds is 2. The van der Waals surface area contributed by atoms with Gasteiger partial charge >= 0.3 is 6.18 Å². The third-order valence-electron chi connectivity index (χ3n) is 3.82. The van der Waals surface area contributed by atoms with Crippen LogP contribution < -0.4 is 5.32 Å². The lowest BCUT2D eigenvalue weighted by atomic mass is 10.0. The standard InChI is InChI=1S/C17H16F3NO/c1-11-15(12-5-3-2-4-6-12)22-16(21-11)13-7-9-14(10-8-13)17(18,19)20/h2-11,15-16,21H,1H3/t11-,15+,16-/m1/s1. The molecule has 0 bridgehead atoms. The van der Waals surface area contributed by atoms with E-state index in [1.807, 2.05) is 37.3 Å². The topological polar surface area (TPSA) is 21.3 Å². The summed E-state index contributed by atoms with van der Waals surface area (Å²) in [6, 6.07) is 14.9. The van der Waals surface area contributed by atoms with Crippen LogP contribution in [-0.4, -0.2) is 6.04 Å². The lowest BCUT2D eigenvalue weighted by Crippen LogP contribution is -2.23. The molecule has 22 heavy (non-hydrogen) atoms. The number of benzene rings is 2. The Bertz CT molecular complexity index is 625. The molecule has 0 aliphatic carbocycles. The molecule has 1 heterocycles. The van der Waals surface area contributed by atoms with Gasteiger partial charge in [-0.15, -0.1) is 0 Å². The van der Waals surface area contributed by atoms with Crippen LogP contribution in [0.3, 0.4) is 0 Å². The van der Waals surface area contributed by atoms with E-state index in [9.17, 15) is 13.2 Å². The quantitative estimate of drug-likeness (QED) is 0.885. The molecular weight excluding hydrogens is 291 g/mol. The molecule has 116 valence electrons. The van der Waals surface area contributed by atoms with E-state index in [0.29, 0.717) is 5.56 Å². The summed E-state index contributed by atoms with van der Waals surface area (Å²) in [6.07, 6.45) is -4.83. The molecule has 2 aromatic rings. The molecule has 0 radical (unpaired) electrons. The van der Waals surface area contributed by atoms with Crippen molar-refractivity contribution >= 4 is 0 Å². The number of alkyl halides is 3. The SMILES string of the molecule is C[C@H]1N[C@@H](c2ccc(C(F)(F)F)cc2)O[C@@H]1c1ccccc1. The molecule has 0 aromatic heterocycles. The monoisotopic (exact) mass is 307 g/mol. The second kappa shape index (κ2) is 5.74. The van der Waals surface area contributed by atoms with Crippen LogP contribution in [0.2, 0.25) is 0 Å². The fraction of sp³-hybridized carbons (Fsp3) is 0.294. The zero-order valence-electron chi connectivity index (χ0n) is 12.0. The average molecular weight is 307 g/mol. The van der Waals surface area contributed by atoms with Crippen LogP contribution in [0.5, 0.6) is 0 Å². The van der Waals surface area contributed by atoms with Gasteiger partial charge in [-0.05, 0) is 30.2 Å². The van der Waals surface area contributed by atoms with Crippen LogP contribution in [-0.2, 0) is 10.9 Å². The first-order chi connectivity index (χ1) is 10.4. The van der Waals surface area contributed by atoms with E-state index in [2.05, 4.69) is 5.32 Å². The summed E-state index contributed by atoms with van der Waals surface area (Å²) in [5.74, 6) is 0. The summed E-state index contributed by atoms with van der Waals surface area (Å²) < 4.78 is 43.8. The highest BCUT2D eigenvalue weighted by atomic mass is 19.4. The van der Waals surface area contributed by atoms with E-state index in [0.717, 1.165) is 17.7 Å². The van der Waals surface area contributed by atoms with Crippen molar-refractivity contribution in [3.8, 4) is 0 Å². The van der Waals surface area contributed by atoms with Crippen LogP contribution in [0, 0.1) is 0 Å². The smallest absolute Gasteiger partial charge is 0.350 e. The van der Waals surface area contributed by atoms with Gasteiger partial charge in [0.2, 0.25) is 0 Å². The molecule has 0 saturated carbocycles. The maximum absolute atomic E-state index is 12.6. The predicted octanol–water partition coefficient (Wildman–Crippen LogP) is 4.45. The van der Waals surface area contributed by atoms with Crippen molar-refractivity contribution in [1.82, 2.24) is 5.32 Å². The third kappa shape index (κ3) is 3.00. The van der Waals surface area contributed by atoms with Crippen molar-refractivity contribution in [1.29, 1.82) is 0 Å². The minimum Gasteiger partial charge on any atom is -0.350 e. The lowest BCUT2D eigenvalue weighted by Gasteiger charge is -2.15. The summed E-state index contributed by atoms with van der Waals surface area (Å²) in [5.41, 5.74) is 1.09. The van der Waals surface area contributed by atoms with Crippen LogP contribution in [0.15, 0.2) is 54.6 Å². The largest absolute Gasteiger partial charge is 0.416 e. The molecule has 0 spiro atoms. The molecule has 0 unspecified atom stereocenters. The van der Waals surface area contributed by atoms with Gasteiger partial charge < -0.3 is 4.74 Å². The minimum atomic E-state index is -4.32. The summed E-state index contributed by atoms with van der Waals surface area (Å²) in [5, 5.41) is 3.27. The van der Waals surface area contributed by atoms with Crippen molar-refractivity contribution in [2.24, 2.45) is 0 Å². The Hall–Kier alpha value is -1.85. The van der Waals surface area contributed by atoms with Crippen molar-refractivity contribution in [2.75, 3.05) is 0 Å². The van der Waals surface area contributed by atoms with Crippen LogP contribution >= 0.6 is 0 Å². The van der Waals surface area contributed by atoms with Gasteiger partial charge in [-0.3, -0.25) is 5.32 Å². The van der Waals surface area contributed by atoms with Gasteiger partial charge in [-0.2, -0.15) is 13.2 Å². The third-order valence-corrected chi connectivity index (χ3v) is 3.82. The van der Waals surface area contributed by atoms with Crippen molar-refractivity contribution < 1.29 is 17.9 Å². The van der Waals surface area contributed by atoms with E-state index in [4.69, 9.17) is 4.74 Å². The van der Waals surface area contributed by atoms with Gasteiger partial charge in [0.1, 0.15) is 12.3 Å². The number of ether oxygens (including phenoxy) is 1. The number of hydrogen-bond acceptors (Lipinski definition) is 2. The van der Waals surface area contributed by atoms with Gasteiger partial charge in [0.05, 0.1) is 5.56 Å². The molecule has 0 amide bonds. The van der Waals surface area contributed by atoms with Crippen LogP contribution in [0.25, 0.3) is 0 Å². The van der Waals surface area contributed by atoms with Crippen LogP contribution in [0.4, 0.5) is 13.2 Å². The van der Waals surface area contributed by atoms with Gasteiger partial charge in [-0.1, -0.05) is 42.5 Å². The van der Waals surface area contributed by atoms with Crippen LogP contribution in [0.1, 0.15) is 35.9 Å². The Morgan fingerprint density at radius 1 is 0.909 bits per heavy atom. The molecule has 1 fully saturated rings. The molecular formula is C17H16F3NO. The Kier molecular flexibility index (Phi) is 3.93. The second-order valence-corrected chi connectivity index (χ2v) is 5.42. The molecule has 1 saturated heterocycles. The highest BCUT2D eigenvalue weighted by molar-refractivity contribution is 5.27. The fourth-order valence-electron chi connectivity index (χ4n) is 2.66. The zero-order valence-corrected chi connectivity index (χ0v) is 12.0. The summed E-state index contributed by atoms with van der Waals surface area (Å²) in [4.78, 5) is 0. The van der Waals surface area contributed by atoms with E-state index in [-0.39, 0.29) is 12.1 Å². The highest BCUT2D eigenvalue weighted by Crippen LogP contribution is 2.36. The molecule has 1 N–H and O–H groups in total. The number of nitrogens with one attached hydrogen (secondary N) is 1. The number of hydrogen-bond donors (Lipinski definition) is 1. The molecule has 2 nitrogen and oxygen atoms in total. The molecule has 5 heteroatoms. The van der Waals surface area contributed by atoms with E-state index < -0.39 is 18.0 Å². The maximum atomic E-state index is 12.6. The summed E-state index contributed by atoms with van der Waals surface area (Å²) in [7, 11) is 0. The maximum Gasteiger partial charge on any atom is 0.416 e. The predicted molar refractivity (Wildman–Crippen MR) is 77.1 cm³/mol. The Morgan fingerprint density at radius 3 is 2.14 bits per heavy atom. The second-order valence-electron chi connectivity index (χ2n) is 5.42. The minimum absolute atomic E-state index is 0.0784. The van der Waals surface area contributed by atoms with Gasteiger partial charge in [-0.25, -0.2) is 0 Å². The molecule has 1 aliphatic heterocycles. The first kappa shape index (κ1) is 15.1. The summed E-state index contributed by atoms with van der Waals surface area (Å²) in [6.45, 7) is 2.00. The Balaban J connectivity index is 1.77. The average Bonchev–Trinajstić information content (AvgIpc) is 2.89. The Labute approximate surface area is 126 Å². The molecule has 1 aliphatic rings. The van der Waals surface area contributed by atoms with E-state index in [1.165, 1.54) is 12.1 Å². The van der Waals surface area contributed by atoms with E-state index >= 15 is 0 Å². The van der Waals surface area contributed by atoms with Gasteiger partial charge in [0, 0.05) is 6.04 Å². The van der Waals surface area contributed by atoms with E-state index in [1.54, 1.807) is 0 Å². The van der Waals surface area contributed by atoms with Crippen molar-refractivity contribution in [3.63, 3.8) is 0 Å². The van der Waals surface area contributed by atoms with Gasteiger partial charge in [0.25, 0.3) is 0 Å². The van der Waals surface area contributed by atoms with Crippen molar-refractivity contribution in [2.45, 2.75) is 31.5 Å². The summed E-state index contributed by atoms with van der Waals surface area (Å²) >= 11 is 0. The molecule has 3 atom stereocenters. The molecule has 3 rings (SSSR count). The first-order valence-electron chi connectivity index (χ1n) is 7.09.